The van der Waals surface area contributed by atoms with Gasteiger partial charge in [0, 0.05) is 11.9 Å². The number of halogens is 1. The number of likely N-dealkylation sites (N-methyl/N-ethyl adjacent to an activating group) is 1. The number of fused-ring (bicyclic) bond motifs is 1. The predicted octanol–water partition coefficient (Wildman–Crippen LogP) is 3.04. The fraction of sp³-hybridized carbons (Fsp3) is 0.385. The van der Waals surface area contributed by atoms with Crippen LogP contribution in [0.5, 0.6) is 5.75 Å². The van der Waals surface area contributed by atoms with E-state index in [1.165, 1.54) is 10.9 Å². The predicted molar refractivity (Wildman–Crippen MR) is 74.8 cm³/mol. The number of H-pyrrole nitrogens is 1. The molecule has 1 N–H and O–H groups in total. The second-order valence-corrected chi connectivity index (χ2v) is 5.15. The molecule has 3 nitrogen and oxygen atoms in total. The second-order valence-electron chi connectivity index (χ2n) is 4.35. The summed E-state index contributed by atoms with van der Waals surface area (Å²) in [5.41, 5.74) is 2.40. The molecule has 0 spiro atoms. The standard InChI is InChI=1S/C13H17BrN2O/c1-16(2)8-7-9-12-10(15-13(9)14)5-4-6-11(12)17-3/h4-6,15H,7-8H2,1-3H3. The molecule has 0 atom stereocenters. The van der Waals surface area contributed by atoms with Crippen LogP contribution in [0, 0.1) is 0 Å². The summed E-state index contributed by atoms with van der Waals surface area (Å²) in [4.78, 5) is 5.52. The molecule has 1 aromatic heterocycles. The van der Waals surface area contributed by atoms with Crippen LogP contribution in [0.3, 0.4) is 0 Å². The highest BCUT2D eigenvalue weighted by Crippen LogP contribution is 2.33. The summed E-state index contributed by atoms with van der Waals surface area (Å²) >= 11 is 3.59. The van der Waals surface area contributed by atoms with Crippen molar-refractivity contribution >= 4 is 26.8 Å². The van der Waals surface area contributed by atoms with Crippen molar-refractivity contribution in [3.63, 3.8) is 0 Å². The van der Waals surface area contributed by atoms with E-state index in [1.54, 1.807) is 7.11 Å². The van der Waals surface area contributed by atoms with Gasteiger partial charge in [-0.25, -0.2) is 0 Å². The van der Waals surface area contributed by atoms with E-state index in [1.807, 2.05) is 12.1 Å². The minimum absolute atomic E-state index is 0.929. The molecule has 0 bridgehead atoms. The van der Waals surface area contributed by atoms with Gasteiger partial charge in [-0.05, 0) is 54.1 Å². The highest BCUT2D eigenvalue weighted by Gasteiger charge is 2.13. The van der Waals surface area contributed by atoms with E-state index in [2.05, 4.69) is 46.0 Å². The van der Waals surface area contributed by atoms with Gasteiger partial charge in [0.15, 0.2) is 0 Å². The Balaban J connectivity index is 2.48. The molecule has 2 rings (SSSR count). The van der Waals surface area contributed by atoms with E-state index in [-0.39, 0.29) is 0 Å². The first-order valence-corrected chi connectivity index (χ1v) is 6.40. The molecule has 0 unspecified atom stereocenters. The molecule has 2 aromatic rings. The van der Waals surface area contributed by atoms with Crippen LogP contribution in [0.4, 0.5) is 0 Å². The fourth-order valence-electron chi connectivity index (χ4n) is 1.99. The zero-order valence-corrected chi connectivity index (χ0v) is 12.0. The van der Waals surface area contributed by atoms with E-state index in [4.69, 9.17) is 4.74 Å². The molecular weight excluding hydrogens is 280 g/mol. The van der Waals surface area contributed by atoms with Gasteiger partial charge in [-0.2, -0.15) is 0 Å². The Hall–Kier alpha value is -1.00. The number of hydrogen-bond acceptors (Lipinski definition) is 2. The molecule has 0 aliphatic rings. The van der Waals surface area contributed by atoms with E-state index in [9.17, 15) is 0 Å². The Morgan fingerprint density at radius 3 is 2.76 bits per heavy atom. The maximum absolute atomic E-state index is 5.43. The number of nitrogens with one attached hydrogen (secondary N) is 1. The molecule has 4 heteroatoms. The molecule has 0 saturated carbocycles. The highest BCUT2D eigenvalue weighted by molar-refractivity contribution is 9.10. The zero-order valence-electron chi connectivity index (χ0n) is 10.4. The molecule has 0 fully saturated rings. The average Bonchev–Trinajstić information content (AvgIpc) is 2.61. The maximum Gasteiger partial charge on any atom is 0.128 e. The van der Waals surface area contributed by atoms with E-state index in [0.717, 1.165) is 28.8 Å². The molecule has 17 heavy (non-hydrogen) atoms. The summed E-state index contributed by atoms with van der Waals surface area (Å²) in [5, 5.41) is 1.18. The van der Waals surface area contributed by atoms with Crippen LogP contribution in [-0.2, 0) is 6.42 Å². The van der Waals surface area contributed by atoms with Gasteiger partial charge in [-0.15, -0.1) is 0 Å². The van der Waals surface area contributed by atoms with Crippen molar-refractivity contribution in [3.8, 4) is 5.75 Å². The molecule has 0 radical (unpaired) electrons. The van der Waals surface area contributed by atoms with Gasteiger partial charge < -0.3 is 14.6 Å². The van der Waals surface area contributed by atoms with Crippen LogP contribution in [0.2, 0.25) is 0 Å². The van der Waals surface area contributed by atoms with E-state index >= 15 is 0 Å². The lowest BCUT2D eigenvalue weighted by atomic mass is 10.1. The molecule has 92 valence electrons. The first kappa shape index (κ1) is 12.5. The van der Waals surface area contributed by atoms with E-state index < -0.39 is 0 Å². The van der Waals surface area contributed by atoms with Gasteiger partial charge in [0.05, 0.1) is 17.2 Å². The third kappa shape index (κ3) is 2.48. The summed E-state index contributed by atoms with van der Waals surface area (Å²) in [6.45, 7) is 1.02. The molecule has 1 aromatic carbocycles. The Morgan fingerprint density at radius 2 is 2.12 bits per heavy atom. The Kier molecular flexibility index (Phi) is 3.74. The molecule has 0 saturated heterocycles. The van der Waals surface area contributed by atoms with Crippen molar-refractivity contribution in [1.29, 1.82) is 0 Å². The zero-order chi connectivity index (χ0) is 12.4. The van der Waals surface area contributed by atoms with Gasteiger partial charge >= 0.3 is 0 Å². The molecule has 0 aliphatic carbocycles. The number of benzene rings is 1. The molecule has 0 aliphatic heterocycles. The first-order chi connectivity index (χ1) is 8.13. The Morgan fingerprint density at radius 1 is 1.35 bits per heavy atom. The lowest BCUT2D eigenvalue weighted by Gasteiger charge is -2.10. The largest absolute Gasteiger partial charge is 0.496 e. The van der Waals surface area contributed by atoms with Crippen LogP contribution in [0.15, 0.2) is 22.8 Å². The molecule has 0 amide bonds. The van der Waals surface area contributed by atoms with Crippen molar-refractivity contribution in [2.75, 3.05) is 27.7 Å². The number of nitrogens with zero attached hydrogens (tertiary/aromatic N) is 1. The first-order valence-electron chi connectivity index (χ1n) is 5.61. The van der Waals surface area contributed by atoms with Crippen molar-refractivity contribution in [3.05, 3.63) is 28.4 Å². The monoisotopic (exact) mass is 296 g/mol. The summed E-state index contributed by atoms with van der Waals surface area (Å²) in [5.74, 6) is 0.929. The fourth-order valence-corrected chi connectivity index (χ4v) is 2.60. The Labute approximate surface area is 110 Å². The lowest BCUT2D eigenvalue weighted by Crippen LogP contribution is -2.15. The number of methoxy groups -OCH3 is 1. The second kappa shape index (κ2) is 5.10. The number of ether oxygens (including phenoxy) is 1. The average molecular weight is 297 g/mol. The highest BCUT2D eigenvalue weighted by atomic mass is 79.9. The van der Waals surface area contributed by atoms with E-state index in [0.29, 0.717) is 0 Å². The number of aromatic nitrogens is 1. The quantitative estimate of drug-likeness (QED) is 0.939. The van der Waals surface area contributed by atoms with Gasteiger partial charge in [0.25, 0.3) is 0 Å². The lowest BCUT2D eigenvalue weighted by molar-refractivity contribution is 0.411. The smallest absolute Gasteiger partial charge is 0.128 e. The third-order valence-electron chi connectivity index (χ3n) is 2.87. The van der Waals surface area contributed by atoms with Crippen molar-refractivity contribution < 1.29 is 4.74 Å². The number of rotatable bonds is 4. The van der Waals surface area contributed by atoms with Gasteiger partial charge in [-0.1, -0.05) is 6.07 Å². The van der Waals surface area contributed by atoms with Gasteiger partial charge in [-0.3, -0.25) is 0 Å². The van der Waals surface area contributed by atoms with Crippen molar-refractivity contribution in [1.82, 2.24) is 9.88 Å². The van der Waals surface area contributed by atoms with Crippen molar-refractivity contribution in [2.24, 2.45) is 0 Å². The summed E-state index contributed by atoms with van der Waals surface area (Å²) < 4.78 is 6.49. The van der Waals surface area contributed by atoms with Gasteiger partial charge in [0.1, 0.15) is 5.75 Å². The normalized spacial score (nSPS) is 11.4. The van der Waals surface area contributed by atoms with Crippen LogP contribution >= 0.6 is 15.9 Å². The minimum Gasteiger partial charge on any atom is -0.496 e. The summed E-state index contributed by atoms with van der Waals surface area (Å²) in [6, 6.07) is 6.07. The van der Waals surface area contributed by atoms with Crippen LogP contribution < -0.4 is 4.74 Å². The van der Waals surface area contributed by atoms with Crippen LogP contribution in [0.25, 0.3) is 10.9 Å². The Bertz CT molecular complexity index is 519. The summed E-state index contributed by atoms with van der Waals surface area (Å²) in [6.07, 6.45) is 0.994. The summed E-state index contributed by atoms with van der Waals surface area (Å²) in [7, 11) is 5.88. The van der Waals surface area contributed by atoms with Gasteiger partial charge in [0.2, 0.25) is 0 Å². The maximum atomic E-state index is 5.43. The minimum atomic E-state index is 0.929. The molecule has 1 heterocycles. The number of hydrogen-bond donors (Lipinski definition) is 1. The molecular formula is C13H17BrN2O. The topological polar surface area (TPSA) is 28.3 Å². The number of aromatic amines is 1. The van der Waals surface area contributed by atoms with Crippen molar-refractivity contribution in [2.45, 2.75) is 6.42 Å². The third-order valence-corrected chi connectivity index (χ3v) is 3.54. The SMILES string of the molecule is COc1cccc2[nH]c(Br)c(CCN(C)C)c12. The van der Waals surface area contributed by atoms with Crippen LogP contribution in [0.1, 0.15) is 5.56 Å². The van der Waals surface area contributed by atoms with Crippen LogP contribution in [-0.4, -0.2) is 37.6 Å².